The quantitative estimate of drug-likeness (QED) is 0.156. The van der Waals surface area contributed by atoms with Gasteiger partial charge in [0.25, 0.3) is 0 Å². The van der Waals surface area contributed by atoms with Gasteiger partial charge in [0.1, 0.15) is 0 Å². The van der Waals surface area contributed by atoms with E-state index in [1.807, 2.05) is 48.5 Å². The molecule has 45 heavy (non-hydrogen) atoms. The summed E-state index contributed by atoms with van der Waals surface area (Å²) in [6, 6.07) is 51.0. The number of benzene rings is 5. The third-order valence-corrected chi connectivity index (χ3v) is 9.38. The average Bonchev–Trinajstić information content (AvgIpc) is 3.45. The summed E-state index contributed by atoms with van der Waals surface area (Å²) in [5, 5.41) is 0. The molecule has 2 aliphatic rings. The van der Waals surface area contributed by atoms with Crippen molar-refractivity contribution in [2.75, 3.05) is 0 Å². The molecule has 0 fully saturated rings. The maximum atomic E-state index is 5.18. The maximum Gasteiger partial charge on any atom is 0.0858 e. The summed E-state index contributed by atoms with van der Waals surface area (Å²) in [4.78, 5) is 9.39. The summed E-state index contributed by atoms with van der Waals surface area (Å²) < 4.78 is 2.47. The van der Waals surface area contributed by atoms with Gasteiger partial charge in [-0.1, -0.05) is 91.7 Å². The zero-order chi connectivity index (χ0) is 29.9. The minimum absolute atomic E-state index is 0. The molecular formula is C41H31IrN3-2. The molecule has 1 unspecified atom stereocenters. The topological polar surface area (TPSA) is 30.7 Å². The predicted octanol–water partition coefficient (Wildman–Crippen LogP) is 9.48. The van der Waals surface area contributed by atoms with Crippen LogP contribution in [0.25, 0.3) is 44.8 Å². The van der Waals surface area contributed by atoms with Crippen molar-refractivity contribution in [3.8, 4) is 33.8 Å². The van der Waals surface area contributed by atoms with Crippen molar-refractivity contribution in [3.05, 3.63) is 168 Å². The summed E-state index contributed by atoms with van der Waals surface area (Å²) in [5.41, 5.74) is 12.8. The molecule has 1 atom stereocenters. The number of pyridine rings is 1. The predicted molar refractivity (Wildman–Crippen MR) is 178 cm³/mol. The van der Waals surface area contributed by atoms with Gasteiger partial charge in [-0.3, -0.25) is 4.98 Å². The normalized spacial score (nSPS) is 16.4. The van der Waals surface area contributed by atoms with Crippen LogP contribution in [0.4, 0.5) is 0 Å². The van der Waals surface area contributed by atoms with E-state index in [9.17, 15) is 0 Å². The molecule has 0 spiro atoms. The third-order valence-electron chi connectivity index (χ3n) is 9.38. The molecule has 0 saturated heterocycles. The van der Waals surface area contributed by atoms with Gasteiger partial charge >= 0.3 is 0 Å². The number of imidazole rings is 1. The number of aromatic nitrogens is 3. The first-order chi connectivity index (χ1) is 21.5. The molecule has 1 aliphatic carbocycles. The van der Waals surface area contributed by atoms with E-state index in [1.165, 1.54) is 33.4 Å². The largest absolute Gasteiger partial charge is 0.350 e. The number of rotatable bonds is 1. The van der Waals surface area contributed by atoms with Crippen LogP contribution >= 0.6 is 0 Å². The van der Waals surface area contributed by atoms with E-state index in [1.54, 1.807) is 6.20 Å². The fourth-order valence-corrected chi connectivity index (χ4v) is 7.35. The second-order valence-corrected chi connectivity index (χ2v) is 12.2. The van der Waals surface area contributed by atoms with Crippen LogP contribution in [0.3, 0.4) is 0 Å². The van der Waals surface area contributed by atoms with Crippen LogP contribution in [0.1, 0.15) is 43.0 Å². The summed E-state index contributed by atoms with van der Waals surface area (Å²) in [5.74, 6) is 0.987. The first-order valence-corrected chi connectivity index (χ1v) is 15.1. The molecule has 0 amide bonds. The SMILES string of the molecule is CC1(C)c2ccccc2C2(C)c3c(cccc31)-c1ccc[c-]c1-c1nc3ccccc3n12.[Ir].[c-]1ccccc1-c1ccccn1. The van der Waals surface area contributed by atoms with Gasteiger partial charge in [0.05, 0.1) is 22.4 Å². The summed E-state index contributed by atoms with van der Waals surface area (Å²) in [6.07, 6.45) is 1.79. The number of para-hydroxylation sites is 2. The summed E-state index contributed by atoms with van der Waals surface area (Å²) >= 11 is 0. The minimum atomic E-state index is -0.393. The number of fused-ring (bicyclic) bond motifs is 9. The van der Waals surface area contributed by atoms with Crippen LogP contribution in [-0.4, -0.2) is 14.5 Å². The molecule has 0 N–H and O–H groups in total. The Morgan fingerprint density at radius 2 is 1.33 bits per heavy atom. The van der Waals surface area contributed by atoms with Gasteiger partial charge in [-0.05, 0) is 53.1 Å². The Hall–Kier alpha value is -4.63. The smallest absolute Gasteiger partial charge is 0.0858 e. The van der Waals surface area contributed by atoms with Crippen LogP contribution in [-0.2, 0) is 31.1 Å². The number of hydrogen-bond donors (Lipinski definition) is 0. The zero-order valence-corrected chi connectivity index (χ0v) is 27.8. The molecule has 0 bridgehead atoms. The zero-order valence-electron chi connectivity index (χ0n) is 25.4. The van der Waals surface area contributed by atoms with Crippen LogP contribution in [0.2, 0.25) is 0 Å². The van der Waals surface area contributed by atoms with Gasteiger partial charge in [-0.2, -0.15) is 0 Å². The van der Waals surface area contributed by atoms with Crippen molar-refractivity contribution in [1.82, 2.24) is 14.5 Å². The molecule has 4 heteroatoms. The molecule has 3 nitrogen and oxygen atoms in total. The molecule has 1 aliphatic heterocycles. The Balaban J connectivity index is 0.000000211. The van der Waals surface area contributed by atoms with Gasteiger partial charge < -0.3 is 9.55 Å². The second kappa shape index (κ2) is 11.1. The second-order valence-electron chi connectivity index (χ2n) is 12.2. The Morgan fingerprint density at radius 3 is 2.13 bits per heavy atom. The van der Waals surface area contributed by atoms with Crippen molar-refractivity contribution in [1.29, 1.82) is 0 Å². The van der Waals surface area contributed by atoms with E-state index < -0.39 is 5.54 Å². The maximum absolute atomic E-state index is 5.18. The van der Waals surface area contributed by atoms with Gasteiger partial charge in [-0.25, -0.2) is 0 Å². The Kier molecular flexibility index (Phi) is 7.16. The van der Waals surface area contributed by atoms with Crippen LogP contribution in [0.15, 0.2) is 134 Å². The number of nitrogens with zero attached hydrogens (tertiary/aromatic N) is 3. The van der Waals surface area contributed by atoms with Gasteiger partial charge in [0.15, 0.2) is 0 Å². The molecule has 7 aromatic rings. The van der Waals surface area contributed by atoms with Gasteiger partial charge in [0, 0.05) is 31.7 Å². The standard InChI is InChI=1S/C30H23N2.C11H8N.Ir/c1-29(2)22-14-6-7-15-23(22)30(3)27-20(13-10-16-24(27)29)19-11-4-5-12-21(19)28-31-25-17-8-9-18-26(25)32(28)30;1-2-6-10(7-3-1)11-8-4-5-9-12-11;/h4-11,13-18H,1-3H3;1-6,8-9H;/q2*-1;. The van der Waals surface area contributed by atoms with Crippen LogP contribution in [0.5, 0.6) is 0 Å². The van der Waals surface area contributed by atoms with Crippen LogP contribution < -0.4 is 0 Å². The van der Waals surface area contributed by atoms with E-state index in [2.05, 4.69) is 121 Å². The molecule has 221 valence electrons. The van der Waals surface area contributed by atoms with Crippen molar-refractivity contribution < 1.29 is 20.1 Å². The number of hydrogen-bond acceptors (Lipinski definition) is 2. The van der Waals surface area contributed by atoms with Gasteiger partial charge in [0.2, 0.25) is 0 Å². The van der Waals surface area contributed by atoms with E-state index >= 15 is 0 Å². The first kappa shape index (κ1) is 29.1. The first-order valence-electron chi connectivity index (χ1n) is 15.1. The molecule has 9 rings (SSSR count). The summed E-state index contributed by atoms with van der Waals surface area (Å²) in [6.45, 7) is 7.10. The monoisotopic (exact) mass is 758 g/mol. The van der Waals surface area contributed by atoms with Crippen molar-refractivity contribution >= 4 is 11.0 Å². The van der Waals surface area contributed by atoms with E-state index in [0.717, 1.165) is 33.7 Å². The Bertz CT molecular complexity index is 2130. The molecule has 0 saturated carbocycles. The fourth-order valence-electron chi connectivity index (χ4n) is 7.35. The molecule has 2 aromatic heterocycles. The van der Waals surface area contributed by atoms with Crippen molar-refractivity contribution in [2.45, 2.75) is 31.7 Å². The van der Waals surface area contributed by atoms with Crippen LogP contribution in [0, 0.1) is 12.1 Å². The summed E-state index contributed by atoms with van der Waals surface area (Å²) in [7, 11) is 0. The molecule has 5 aromatic carbocycles. The van der Waals surface area contributed by atoms with E-state index in [-0.39, 0.29) is 25.5 Å². The van der Waals surface area contributed by atoms with Gasteiger partial charge in [-0.15, -0.1) is 65.7 Å². The molecular weight excluding hydrogens is 727 g/mol. The third kappa shape index (κ3) is 4.35. The Labute approximate surface area is 278 Å². The fraction of sp³-hybridized carbons (Fsp3) is 0.122. The molecule has 1 radical (unpaired) electrons. The minimum Gasteiger partial charge on any atom is -0.350 e. The van der Waals surface area contributed by atoms with E-state index in [4.69, 9.17) is 4.98 Å². The van der Waals surface area contributed by atoms with E-state index in [0.29, 0.717) is 0 Å². The average molecular weight is 758 g/mol. The molecule has 3 heterocycles. The van der Waals surface area contributed by atoms with Crippen molar-refractivity contribution in [3.63, 3.8) is 0 Å². The van der Waals surface area contributed by atoms with Crippen molar-refractivity contribution in [2.24, 2.45) is 0 Å². The Morgan fingerprint density at radius 1 is 0.622 bits per heavy atom.